The fourth-order valence-corrected chi connectivity index (χ4v) is 2.67. The predicted octanol–water partition coefficient (Wildman–Crippen LogP) is 2.76. The number of nitrogens with zero attached hydrogens (tertiary/aromatic N) is 1. The molecule has 3 nitrogen and oxygen atoms in total. The molecule has 0 spiro atoms. The third-order valence-electron chi connectivity index (χ3n) is 4.08. The summed E-state index contributed by atoms with van der Waals surface area (Å²) in [5.74, 6) is 1.71. The zero-order valence-electron chi connectivity index (χ0n) is 13.4. The monoisotopic (exact) mass is 289 g/mol. The maximum atomic E-state index is 11.5. The summed E-state index contributed by atoms with van der Waals surface area (Å²) >= 11 is 0. The van der Waals surface area contributed by atoms with Gasteiger partial charge in [-0.1, -0.05) is 0 Å². The standard InChI is InChI=1S/C17H28BNO2/c1-2-3-4-5-6-7-8-9-10-15(13-18)14-19-16(20)11-12-17(19)21/h11-13,15,18H,2-10,14H2,1H3. The molecule has 0 fully saturated rings. The molecule has 116 valence electrons. The third kappa shape index (κ3) is 6.88. The molecule has 1 rings (SSSR count). The maximum absolute atomic E-state index is 11.5. The van der Waals surface area contributed by atoms with Crippen molar-refractivity contribution in [3.63, 3.8) is 0 Å². The quantitative estimate of drug-likeness (QED) is 0.315. The van der Waals surface area contributed by atoms with Crippen LogP contribution >= 0.6 is 0 Å². The van der Waals surface area contributed by atoms with E-state index in [1.54, 1.807) is 0 Å². The van der Waals surface area contributed by atoms with Crippen LogP contribution < -0.4 is 0 Å². The fourth-order valence-electron chi connectivity index (χ4n) is 2.67. The van der Waals surface area contributed by atoms with Crippen molar-refractivity contribution in [2.24, 2.45) is 5.92 Å². The second-order valence-corrected chi connectivity index (χ2v) is 5.88. The van der Waals surface area contributed by atoms with E-state index in [1.807, 2.05) is 5.97 Å². The van der Waals surface area contributed by atoms with Crippen LogP contribution in [0.4, 0.5) is 0 Å². The number of rotatable bonds is 12. The Bertz CT molecular complexity index is 361. The van der Waals surface area contributed by atoms with Crippen LogP contribution in [0.15, 0.2) is 12.2 Å². The molecule has 21 heavy (non-hydrogen) atoms. The molecule has 0 aromatic carbocycles. The minimum atomic E-state index is -0.192. The van der Waals surface area contributed by atoms with Gasteiger partial charge in [0.05, 0.1) is 0 Å². The molecule has 1 aliphatic heterocycles. The first-order chi connectivity index (χ1) is 10.2. The Morgan fingerprint density at radius 1 is 1.00 bits per heavy atom. The molecule has 1 aliphatic rings. The van der Waals surface area contributed by atoms with E-state index < -0.39 is 0 Å². The van der Waals surface area contributed by atoms with Crippen molar-refractivity contribution >= 4 is 25.3 Å². The number of hydrogen-bond acceptors (Lipinski definition) is 2. The molecule has 0 saturated heterocycles. The Balaban J connectivity index is 2.10. The van der Waals surface area contributed by atoms with Crippen molar-refractivity contribution < 1.29 is 9.59 Å². The van der Waals surface area contributed by atoms with Crippen molar-refractivity contribution in [1.29, 1.82) is 0 Å². The number of hydrogen-bond donors (Lipinski definition) is 0. The van der Waals surface area contributed by atoms with Gasteiger partial charge in [0.25, 0.3) is 0 Å². The molecule has 0 bridgehead atoms. The fraction of sp³-hybridized carbons (Fsp3) is 0.706. The van der Waals surface area contributed by atoms with Crippen LogP contribution in [-0.2, 0) is 9.59 Å². The van der Waals surface area contributed by atoms with Crippen LogP contribution in [0.1, 0.15) is 64.7 Å². The number of carbonyl (C=O) groups excluding carboxylic acids is 2. The molecule has 0 aromatic heterocycles. The summed E-state index contributed by atoms with van der Waals surface area (Å²) in [4.78, 5) is 24.4. The first-order valence-electron chi connectivity index (χ1n) is 8.35. The van der Waals surface area contributed by atoms with Crippen molar-refractivity contribution in [1.82, 2.24) is 4.90 Å². The second kappa shape index (κ2) is 10.5. The van der Waals surface area contributed by atoms with E-state index in [0.717, 1.165) is 12.8 Å². The summed E-state index contributed by atoms with van der Waals surface area (Å²) in [6.45, 7) is 2.71. The van der Waals surface area contributed by atoms with Crippen LogP contribution in [0.25, 0.3) is 0 Å². The first-order valence-corrected chi connectivity index (χ1v) is 8.35. The SMILES string of the molecule is B=CC(CCCCCCCCCC)CN1C(=O)C=CC1=O. The van der Waals surface area contributed by atoms with E-state index in [4.69, 9.17) is 0 Å². The molecule has 4 heteroatoms. The molecule has 1 heterocycles. The van der Waals surface area contributed by atoms with Crippen molar-refractivity contribution in [3.8, 4) is 0 Å². The molecule has 0 aromatic rings. The van der Waals surface area contributed by atoms with Gasteiger partial charge < -0.3 is 0 Å². The topological polar surface area (TPSA) is 37.4 Å². The zero-order chi connectivity index (χ0) is 15.5. The number of amides is 2. The summed E-state index contributed by atoms with van der Waals surface area (Å²) in [6, 6.07) is 0. The molecule has 0 saturated carbocycles. The van der Waals surface area contributed by atoms with E-state index in [-0.39, 0.29) is 17.7 Å². The van der Waals surface area contributed by atoms with E-state index in [9.17, 15) is 9.59 Å². The van der Waals surface area contributed by atoms with Gasteiger partial charge in [-0.3, -0.25) is 0 Å². The second-order valence-electron chi connectivity index (χ2n) is 5.88. The van der Waals surface area contributed by atoms with Gasteiger partial charge in [-0.25, -0.2) is 0 Å². The molecule has 1 unspecified atom stereocenters. The van der Waals surface area contributed by atoms with Crippen LogP contribution in [0.2, 0.25) is 0 Å². The summed E-state index contributed by atoms with van der Waals surface area (Å²) in [5, 5.41) is 0. The van der Waals surface area contributed by atoms with E-state index in [1.165, 1.54) is 62.0 Å². The van der Waals surface area contributed by atoms with Gasteiger partial charge in [0, 0.05) is 0 Å². The number of carbonyl (C=O) groups is 2. The number of imide groups is 1. The Morgan fingerprint density at radius 3 is 2.05 bits per heavy atom. The van der Waals surface area contributed by atoms with Gasteiger partial charge >= 0.3 is 129 Å². The van der Waals surface area contributed by atoms with Gasteiger partial charge in [0.2, 0.25) is 0 Å². The number of unbranched alkanes of at least 4 members (excludes halogenated alkanes) is 7. The van der Waals surface area contributed by atoms with Crippen LogP contribution in [0.5, 0.6) is 0 Å². The van der Waals surface area contributed by atoms with Crippen LogP contribution in [-0.4, -0.2) is 36.7 Å². The van der Waals surface area contributed by atoms with Gasteiger partial charge in [-0.05, 0) is 0 Å². The normalized spacial score (nSPS) is 15.7. The Kier molecular flexibility index (Phi) is 8.96. The molecule has 0 N–H and O–H groups in total. The molecule has 0 aliphatic carbocycles. The van der Waals surface area contributed by atoms with Crippen molar-refractivity contribution in [2.75, 3.05) is 6.54 Å². The molecular formula is C17H28BNO2. The van der Waals surface area contributed by atoms with Crippen LogP contribution in [0.3, 0.4) is 0 Å². The molecule has 1 atom stereocenters. The Labute approximate surface area is 129 Å². The summed E-state index contributed by atoms with van der Waals surface area (Å²) in [7, 11) is 3.83. The van der Waals surface area contributed by atoms with Crippen LogP contribution in [0, 0.1) is 5.92 Å². The van der Waals surface area contributed by atoms with Gasteiger partial charge in [-0.15, -0.1) is 0 Å². The van der Waals surface area contributed by atoms with Gasteiger partial charge in [0.15, 0.2) is 0 Å². The summed E-state index contributed by atoms with van der Waals surface area (Å²) in [6.07, 6.45) is 14.0. The molecule has 0 radical (unpaired) electrons. The first kappa shape index (κ1) is 17.9. The van der Waals surface area contributed by atoms with E-state index in [2.05, 4.69) is 14.4 Å². The Hall–Kier alpha value is -1.19. The van der Waals surface area contributed by atoms with E-state index in [0.29, 0.717) is 6.54 Å². The van der Waals surface area contributed by atoms with Crippen molar-refractivity contribution in [3.05, 3.63) is 12.2 Å². The van der Waals surface area contributed by atoms with Gasteiger partial charge in [-0.2, -0.15) is 0 Å². The molecule has 2 amide bonds. The Morgan fingerprint density at radius 2 is 1.52 bits per heavy atom. The third-order valence-corrected chi connectivity index (χ3v) is 4.08. The predicted molar refractivity (Wildman–Crippen MR) is 89.8 cm³/mol. The van der Waals surface area contributed by atoms with Crippen molar-refractivity contribution in [2.45, 2.75) is 64.7 Å². The average Bonchev–Trinajstić information content (AvgIpc) is 2.80. The summed E-state index contributed by atoms with van der Waals surface area (Å²) in [5.41, 5.74) is 0. The minimum absolute atomic E-state index is 0.192. The average molecular weight is 289 g/mol. The van der Waals surface area contributed by atoms with Gasteiger partial charge in [0.1, 0.15) is 0 Å². The summed E-state index contributed by atoms with van der Waals surface area (Å²) < 4.78 is 0. The van der Waals surface area contributed by atoms with E-state index >= 15 is 0 Å². The zero-order valence-corrected chi connectivity index (χ0v) is 13.4. The molecular weight excluding hydrogens is 261 g/mol.